The third-order valence-electron chi connectivity index (χ3n) is 2.89. The molecule has 114 valence electrons. The summed E-state index contributed by atoms with van der Waals surface area (Å²) in [7, 11) is 0. The summed E-state index contributed by atoms with van der Waals surface area (Å²) < 4.78 is 0.670. The number of halogens is 1. The molecule has 0 aliphatic carbocycles. The van der Waals surface area contributed by atoms with Gasteiger partial charge in [-0.15, -0.1) is 11.3 Å². The Morgan fingerprint density at radius 2 is 2.18 bits per heavy atom. The predicted octanol–water partition coefficient (Wildman–Crippen LogP) is 4.20. The molecule has 0 spiro atoms. The van der Waals surface area contributed by atoms with Gasteiger partial charge in [0.25, 0.3) is 5.69 Å². The van der Waals surface area contributed by atoms with Crippen molar-refractivity contribution in [2.24, 2.45) is 0 Å². The van der Waals surface area contributed by atoms with Gasteiger partial charge in [-0.3, -0.25) is 14.9 Å². The minimum Gasteiger partial charge on any atom is -0.345 e. The number of nitrogens with one attached hydrogen (secondary N) is 1. The molecule has 0 saturated carbocycles. The second kappa shape index (κ2) is 7.20. The molecule has 7 heteroatoms. The molecule has 22 heavy (non-hydrogen) atoms. The molecule has 0 aliphatic heterocycles. The maximum atomic E-state index is 11.9. The van der Waals surface area contributed by atoms with E-state index in [2.05, 4.69) is 5.32 Å². The molecule has 1 N–H and O–H groups in total. The van der Waals surface area contributed by atoms with Crippen LogP contribution in [0.1, 0.15) is 23.4 Å². The van der Waals surface area contributed by atoms with Crippen LogP contribution in [0.25, 0.3) is 6.08 Å². The Hall–Kier alpha value is -2.18. The van der Waals surface area contributed by atoms with Crippen molar-refractivity contribution in [2.45, 2.75) is 13.0 Å². The number of rotatable bonds is 5. The van der Waals surface area contributed by atoms with Crippen LogP contribution in [0.3, 0.4) is 0 Å². The van der Waals surface area contributed by atoms with Crippen molar-refractivity contribution in [1.29, 1.82) is 0 Å². The molecule has 1 heterocycles. The van der Waals surface area contributed by atoms with Crippen molar-refractivity contribution in [3.63, 3.8) is 0 Å². The zero-order chi connectivity index (χ0) is 16.1. The van der Waals surface area contributed by atoms with Gasteiger partial charge in [0.1, 0.15) is 0 Å². The quantitative estimate of drug-likeness (QED) is 0.505. The average Bonchev–Trinajstić information content (AvgIpc) is 2.92. The number of nitro groups is 1. The van der Waals surface area contributed by atoms with E-state index in [0.29, 0.717) is 9.90 Å². The van der Waals surface area contributed by atoms with E-state index in [9.17, 15) is 14.9 Å². The first-order valence-electron chi connectivity index (χ1n) is 6.44. The highest BCUT2D eigenvalue weighted by molar-refractivity contribution is 7.16. The van der Waals surface area contributed by atoms with Crippen LogP contribution in [-0.2, 0) is 4.79 Å². The van der Waals surface area contributed by atoms with Crippen molar-refractivity contribution in [3.8, 4) is 0 Å². The van der Waals surface area contributed by atoms with E-state index in [1.807, 2.05) is 13.0 Å². The fourth-order valence-corrected chi connectivity index (χ4v) is 2.87. The Bertz CT molecular complexity index is 727. The van der Waals surface area contributed by atoms with Crippen LogP contribution in [0.4, 0.5) is 5.69 Å². The molecule has 2 aromatic rings. The Balaban J connectivity index is 1.99. The van der Waals surface area contributed by atoms with Crippen molar-refractivity contribution >= 4 is 40.6 Å². The van der Waals surface area contributed by atoms with Gasteiger partial charge in [-0.1, -0.05) is 23.7 Å². The summed E-state index contributed by atoms with van der Waals surface area (Å²) in [4.78, 5) is 23.0. The summed E-state index contributed by atoms with van der Waals surface area (Å²) in [5, 5.41) is 13.5. The first-order valence-corrected chi connectivity index (χ1v) is 7.63. The highest BCUT2D eigenvalue weighted by atomic mass is 35.5. The van der Waals surface area contributed by atoms with E-state index >= 15 is 0 Å². The first-order chi connectivity index (χ1) is 10.5. The molecular weight excluding hydrogens is 324 g/mol. The Morgan fingerprint density at radius 1 is 1.41 bits per heavy atom. The van der Waals surface area contributed by atoms with Gasteiger partial charge in [0.2, 0.25) is 5.91 Å². The maximum Gasteiger partial charge on any atom is 0.270 e. The average molecular weight is 337 g/mol. The normalized spacial score (nSPS) is 12.3. The third kappa shape index (κ3) is 4.41. The van der Waals surface area contributed by atoms with E-state index in [1.54, 1.807) is 18.2 Å². The highest BCUT2D eigenvalue weighted by Gasteiger charge is 2.10. The van der Waals surface area contributed by atoms with Crippen LogP contribution >= 0.6 is 22.9 Å². The van der Waals surface area contributed by atoms with Gasteiger partial charge >= 0.3 is 0 Å². The first kappa shape index (κ1) is 16.2. The minimum atomic E-state index is -0.472. The zero-order valence-electron chi connectivity index (χ0n) is 11.7. The van der Waals surface area contributed by atoms with Crippen LogP contribution in [0, 0.1) is 10.1 Å². The second-order valence-electron chi connectivity index (χ2n) is 4.56. The van der Waals surface area contributed by atoms with Gasteiger partial charge in [-0.2, -0.15) is 0 Å². The molecular formula is C15H13ClN2O3S. The molecule has 1 atom stereocenters. The molecule has 0 fully saturated rings. The fraction of sp³-hybridized carbons (Fsp3) is 0.133. The summed E-state index contributed by atoms with van der Waals surface area (Å²) >= 11 is 7.27. The van der Waals surface area contributed by atoms with E-state index in [4.69, 9.17) is 11.6 Å². The standard InChI is InChI=1S/C15H13ClN2O3S/c1-10(13-6-7-14(16)22-13)17-15(19)8-5-11-3-2-4-12(9-11)18(20)21/h2-10H,1H3,(H,17,19)/b8-5+. The summed E-state index contributed by atoms with van der Waals surface area (Å²) in [5.41, 5.74) is 0.584. The Kier molecular flexibility index (Phi) is 5.30. The van der Waals surface area contributed by atoms with E-state index in [0.717, 1.165) is 4.88 Å². The maximum absolute atomic E-state index is 11.9. The monoisotopic (exact) mass is 336 g/mol. The smallest absolute Gasteiger partial charge is 0.270 e. The lowest BCUT2D eigenvalue weighted by molar-refractivity contribution is -0.384. The number of carbonyl (C=O) groups is 1. The minimum absolute atomic E-state index is 0.0100. The predicted molar refractivity (Wildman–Crippen MR) is 88.0 cm³/mol. The van der Waals surface area contributed by atoms with Gasteiger partial charge in [0.05, 0.1) is 15.3 Å². The summed E-state index contributed by atoms with van der Waals surface area (Å²) in [6.45, 7) is 1.86. The van der Waals surface area contributed by atoms with E-state index in [1.165, 1.54) is 35.6 Å². The fourth-order valence-electron chi connectivity index (χ4n) is 1.81. The van der Waals surface area contributed by atoms with Gasteiger partial charge in [0, 0.05) is 23.1 Å². The topological polar surface area (TPSA) is 72.2 Å². The number of hydrogen-bond acceptors (Lipinski definition) is 4. The SMILES string of the molecule is CC(NC(=O)/C=C/c1cccc([N+](=O)[O-])c1)c1ccc(Cl)s1. The van der Waals surface area contributed by atoms with Crippen molar-refractivity contribution in [2.75, 3.05) is 0 Å². The molecule has 0 aliphatic rings. The molecule has 1 aromatic heterocycles. The lowest BCUT2D eigenvalue weighted by Gasteiger charge is -2.09. The van der Waals surface area contributed by atoms with Crippen LogP contribution in [0.15, 0.2) is 42.5 Å². The Labute approximate surface area is 136 Å². The lowest BCUT2D eigenvalue weighted by atomic mass is 10.2. The largest absolute Gasteiger partial charge is 0.345 e. The number of hydrogen-bond donors (Lipinski definition) is 1. The summed E-state index contributed by atoms with van der Waals surface area (Å²) in [5.74, 6) is -0.275. The molecule has 0 bridgehead atoms. The molecule has 0 radical (unpaired) electrons. The van der Waals surface area contributed by atoms with Crippen LogP contribution < -0.4 is 5.32 Å². The summed E-state index contributed by atoms with van der Waals surface area (Å²) in [6.07, 6.45) is 2.89. The number of non-ortho nitro benzene ring substituents is 1. The molecule has 2 rings (SSSR count). The molecule has 5 nitrogen and oxygen atoms in total. The molecule has 1 amide bonds. The van der Waals surface area contributed by atoms with Crippen LogP contribution in [-0.4, -0.2) is 10.8 Å². The number of carbonyl (C=O) groups excluding carboxylic acids is 1. The number of amides is 1. The van der Waals surface area contributed by atoms with Gasteiger partial charge in [-0.25, -0.2) is 0 Å². The zero-order valence-corrected chi connectivity index (χ0v) is 13.2. The van der Waals surface area contributed by atoms with E-state index < -0.39 is 4.92 Å². The molecule has 0 saturated heterocycles. The van der Waals surface area contributed by atoms with Crippen LogP contribution in [0.2, 0.25) is 4.34 Å². The lowest BCUT2D eigenvalue weighted by Crippen LogP contribution is -2.23. The van der Waals surface area contributed by atoms with Gasteiger partial charge in [-0.05, 0) is 30.7 Å². The number of thiophene rings is 1. The highest BCUT2D eigenvalue weighted by Crippen LogP contribution is 2.26. The van der Waals surface area contributed by atoms with Crippen molar-refractivity contribution in [3.05, 3.63) is 67.4 Å². The van der Waals surface area contributed by atoms with E-state index in [-0.39, 0.29) is 17.6 Å². The van der Waals surface area contributed by atoms with Gasteiger partial charge < -0.3 is 5.32 Å². The number of benzene rings is 1. The van der Waals surface area contributed by atoms with Crippen LogP contribution in [0.5, 0.6) is 0 Å². The van der Waals surface area contributed by atoms with Gasteiger partial charge in [0.15, 0.2) is 0 Å². The third-order valence-corrected chi connectivity index (χ3v) is 4.30. The number of nitrogens with zero attached hydrogens (tertiary/aromatic N) is 1. The second-order valence-corrected chi connectivity index (χ2v) is 6.30. The molecule has 1 unspecified atom stereocenters. The van der Waals surface area contributed by atoms with Crippen molar-refractivity contribution < 1.29 is 9.72 Å². The Morgan fingerprint density at radius 3 is 2.82 bits per heavy atom. The number of nitro benzene ring substituents is 1. The molecule has 1 aromatic carbocycles. The summed E-state index contributed by atoms with van der Waals surface area (Å²) in [6, 6.07) is 9.57. The van der Waals surface area contributed by atoms with Crippen molar-refractivity contribution in [1.82, 2.24) is 5.32 Å².